The number of phosphoric ester groups is 1. The van der Waals surface area contributed by atoms with Crippen molar-refractivity contribution in [3.8, 4) is 0 Å². The van der Waals surface area contributed by atoms with Gasteiger partial charge in [0.25, 0.3) is 0 Å². The molecule has 0 aliphatic carbocycles. The molecule has 1 aliphatic heterocycles. The number of aliphatic hydroxyl groups excluding tert-OH is 2. The molecule has 222 valence electrons. The van der Waals surface area contributed by atoms with Gasteiger partial charge < -0.3 is 50.6 Å². The van der Waals surface area contributed by atoms with Crippen LogP contribution in [-0.4, -0.2) is 87.3 Å². The van der Waals surface area contributed by atoms with Crippen LogP contribution in [0.25, 0.3) is 11.2 Å². The van der Waals surface area contributed by atoms with Crippen LogP contribution >= 0.6 is 35.7 Å². The molecule has 2 aromatic rings. The van der Waals surface area contributed by atoms with Crippen molar-refractivity contribution in [1.82, 2.24) is 19.5 Å². The zero-order valence-electron chi connectivity index (χ0n) is 20.0. The summed E-state index contributed by atoms with van der Waals surface area (Å²) in [4.78, 5) is 47.4. The lowest BCUT2D eigenvalue weighted by Gasteiger charge is -2.19. The number of fused-ring (bicyclic) bond motifs is 1. The van der Waals surface area contributed by atoms with Gasteiger partial charge in [0.15, 0.2) is 10.9 Å². The van der Waals surface area contributed by atoms with Gasteiger partial charge in [0.1, 0.15) is 29.5 Å². The number of nitrogens with one attached hydrogen (secondary N) is 2. The van der Waals surface area contributed by atoms with E-state index in [1.165, 1.54) is 10.9 Å². The van der Waals surface area contributed by atoms with Crippen molar-refractivity contribution in [1.29, 1.82) is 0 Å². The highest BCUT2D eigenvalue weighted by Crippen LogP contribution is 2.66. The number of ether oxygens (including phenoxy) is 1. The Balaban J connectivity index is 1.68. The molecule has 0 aromatic carbocycles. The van der Waals surface area contributed by atoms with Gasteiger partial charge in [-0.25, -0.2) is 23.7 Å². The van der Waals surface area contributed by atoms with E-state index in [1.54, 1.807) is 0 Å². The summed E-state index contributed by atoms with van der Waals surface area (Å²) < 4.78 is 53.0. The molecule has 1 aliphatic rings. The highest BCUT2D eigenvalue weighted by atomic mass is 32.1. The Hall–Kier alpha value is -1.18. The van der Waals surface area contributed by atoms with Gasteiger partial charge in [-0.2, -0.15) is 8.62 Å². The van der Waals surface area contributed by atoms with E-state index in [0.717, 1.165) is 25.7 Å². The molecule has 3 heterocycles. The van der Waals surface area contributed by atoms with Crippen LogP contribution in [0.4, 0.5) is 5.95 Å². The van der Waals surface area contributed by atoms with Crippen molar-refractivity contribution in [3.63, 3.8) is 0 Å². The third-order valence-corrected chi connectivity index (χ3v) is 9.39. The number of H-pyrrole nitrogens is 1. The summed E-state index contributed by atoms with van der Waals surface area (Å²) in [5.74, 6) is 0.324. The SMILES string of the molecule is NCCCCCCNc1nc(=S)c2ncn([C@@H]3O[C@H](COP(=O)(O)OP(=O)(O)OP(=O)(O)O)[C@@H](O)[C@H]3O)c2[nH]1. The predicted octanol–water partition coefficient (Wildman–Crippen LogP) is 0.382. The van der Waals surface area contributed by atoms with Crippen LogP contribution in [0.2, 0.25) is 0 Å². The number of anilines is 1. The molecule has 0 saturated carbocycles. The Kier molecular flexibility index (Phi) is 10.9. The van der Waals surface area contributed by atoms with Gasteiger partial charge in [-0.05, 0) is 19.4 Å². The van der Waals surface area contributed by atoms with E-state index >= 15 is 0 Å². The van der Waals surface area contributed by atoms with Gasteiger partial charge >= 0.3 is 23.5 Å². The molecule has 1 fully saturated rings. The molecule has 0 amide bonds. The Labute approximate surface area is 225 Å². The largest absolute Gasteiger partial charge is 0.490 e. The second-order valence-electron chi connectivity index (χ2n) is 8.30. The first kappa shape index (κ1) is 32.3. The van der Waals surface area contributed by atoms with Crippen molar-refractivity contribution in [2.24, 2.45) is 5.73 Å². The molecular weight excluding hydrogens is 609 g/mol. The number of hydrogen-bond donors (Lipinski definition) is 9. The average molecular weight is 638 g/mol. The Morgan fingerprint density at radius 3 is 2.44 bits per heavy atom. The summed E-state index contributed by atoms with van der Waals surface area (Å²) >= 11 is 5.29. The predicted molar refractivity (Wildman–Crippen MR) is 134 cm³/mol. The second kappa shape index (κ2) is 13.2. The minimum absolute atomic E-state index is 0.144. The molecule has 39 heavy (non-hydrogen) atoms. The molecule has 0 radical (unpaired) electrons. The molecule has 19 nitrogen and oxygen atoms in total. The van der Waals surface area contributed by atoms with Crippen LogP contribution in [0.5, 0.6) is 0 Å². The molecular formula is C16H29N6O13P3S. The number of rotatable bonds is 15. The summed E-state index contributed by atoms with van der Waals surface area (Å²) in [6.45, 7) is 0.262. The van der Waals surface area contributed by atoms with Crippen LogP contribution in [0.1, 0.15) is 31.9 Å². The number of imidazole rings is 1. The number of hydrogen-bond acceptors (Lipinski definition) is 14. The summed E-state index contributed by atoms with van der Waals surface area (Å²) in [7, 11) is -16.8. The molecule has 6 atom stereocenters. The standard InChI is InChI=1S/C16H29N6O13P3S/c17-5-3-1-2-4-6-18-16-20-13-10(14(39)21-16)19-8-22(13)15-12(24)11(23)9(33-15)7-32-37(28,29)35-38(30,31)34-36(25,26)27/h8-9,11-12,15,23-24H,1-7,17H2,(H,28,29)(H,30,31)(H2,25,26,27)(H2,18,20,21,39)/t9-,11-,12-,15-/m1/s1. The van der Waals surface area contributed by atoms with Crippen LogP contribution < -0.4 is 11.1 Å². The van der Waals surface area contributed by atoms with Gasteiger partial charge in [-0.15, -0.1) is 0 Å². The van der Waals surface area contributed by atoms with Gasteiger partial charge in [-0.1, -0.05) is 25.1 Å². The summed E-state index contributed by atoms with van der Waals surface area (Å²) in [6, 6.07) is 0. The van der Waals surface area contributed by atoms with E-state index in [9.17, 15) is 33.7 Å². The fraction of sp³-hybridized carbons (Fsp3) is 0.688. The molecule has 23 heteroatoms. The number of nitrogens with two attached hydrogens (primary N) is 1. The van der Waals surface area contributed by atoms with Crippen molar-refractivity contribution >= 4 is 52.8 Å². The van der Waals surface area contributed by atoms with Crippen LogP contribution in [0.15, 0.2) is 6.33 Å². The maximum atomic E-state index is 12.0. The molecule has 10 N–H and O–H groups in total. The summed E-state index contributed by atoms with van der Waals surface area (Å²) in [5, 5.41) is 24.1. The number of aliphatic hydroxyl groups is 2. The summed E-state index contributed by atoms with van der Waals surface area (Å²) in [5.41, 5.74) is 6.03. The van der Waals surface area contributed by atoms with E-state index in [2.05, 4.69) is 33.4 Å². The third-order valence-electron chi connectivity index (χ3n) is 5.30. The Bertz CT molecular complexity index is 1340. The van der Waals surface area contributed by atoms with Crippen molar-refractivity contribution in [2.45, 2.75) is 50.2 Å². The fourth-order valence-electron chi connectivity index (χ4n) is 3.61. The second-order valence-corrected chi connectivity index (χ2v) is 13.1. The molecule has 1 saturated heterocycles. The molecule has 0 spiro atoms. The molecule has 3 rings (SSSR count). The van der Waals surface area contributed by atoms with E-state index in [4.69, 9.17) is 32.5 Å². The average Bonchev–Trinajstić information content (AvgIpc) is 3.34. The molecule has 2 unspecified atom stereocenters. The van der Waals surface area contributed by atoms with E-state index in [1.807, 2.05) is 0 Å². The van der Waals surface area contributed by atoms with Crippen molar-refractivity contribution in [2.75, 3.05) is 25.0 Å². The quantitative estimate of drug-likeness (QED) is 0.0723. The number of nitrogens with zero attached hydrogens (tertiary/aromatic N) is 3. The van der Waals surface area contributed by atoms with E-state index in [-0.39, 0.29) is 15.8 Å². The van der Waals surface area contributed by atoms with Crippen LogP contribution in [0, 0.1) is 4.64 Å². The number of phosphoric acid groups is 3. The van der Waals surface area contributed by atoms with Crippen LogP contribution in [0.3, 0.4) is 0 Å². The summed E-state index contributed by atoms with van der Waals surface area (Å²) in [6.07, 6.45) is -1.04. The number of unbranched alkanes of at least 4 members (excludes halogenated alkanes) is 3. The molecule has 2 aromatic heterocycles. The zero-order valence-corrected chi connectivity index (χ0v) is 23.5. The van der Waals surface area contributed by atoms with E-state index < -0.39 is 54.6 Å². The minimum atomic E-state index is -5.73. The molecule has 0 bridgehead atoms. The van der Waals surface area contributed by atoms with Gasteiger partial charge in [0.05, 0.1) is 12.9 Å². The fourth-order valence-corrected chi connectivity index (χ4v) is 6.88. The third kappa shape index (κ3) is 9.16. The first-order chi connectivity index (χ1) is 18.1. The van der Waals surface area contributed by atoms with Crippen LogP contribution in [-0.2, 0) is 31.6 Å². The monoisotopic (exact) mass is 638 g/mol. The number of aromatic amines is 1. The van der Waals surface area contributed by atoms with Crippen molar-refractivity contribution in [3.05, 3.63) is 11.0 Å². The maximum Gasteiger partial charge on any atom is 0.490 e. The Morgan fingerprint density at radius 2 is 1.77 bits per heavy atom. The lowest BCUT2D eigenvalue weighted by molar-refractivity contribution is -0.0503. The van der Waals surface area contributed by atoms with Gasteiger partial charge in [-0.3, -0.25) is 9.09 Å². The topological polar surface area (TPSA) is 294 Å². The first-order valence-electron chi connectivity index (χ1n) is 11.3. The smallest absolute Gasteiger partial charge is 0.387 e. The van der Waals surface area contributed by atoms with Gasteiger partial charge in [0, 0.05) is 6.54 Å². The normalized spacial score (nSPS) is 25.0. The minimum Gasteiger partial charge on any atom is -0.387 e. The lowest BCUT2D eigenvalue weighted by atomic mass is 10.1. The highest BCUT2D eigenvalue weighted by molar-refractivity contribution is 7.71. The van der Waals surface area contributed by atoms with Crippen molar-refractivity contribution < 1.29 is 61.4 Å². The Morgan fingerprint density at radius 1 is 1.08 bits per heavy atom. The zero-order chi connectivity index (χ0) is 29.0. The van der Waals surface area contributed by atoms with Gasteiger partial charge in [0.2, 0.25) is 5.95 Å². The maximum absolute atomic E-state index is 12.0. The highest BCUT2D eigenvalue weighted by Gasteiger charge is 2.47. The van der Waals surface area contributed by atoms with E-state index in [0.29, 0.717) is 19.0 Å². The number of aromatic nitrogens is 4. The lowest BCUT2D eigenvalue weighted by Crippen LogP contribution is -2.33. The first-order valence-corrected chi connectivity index (χ1v) is 16.3.